The smallest absolute Gasteiger partial charge is 0.289 e. The number of aliphatic hydroxyl groups is 1. The minimum atomic E-state index is -4.35. The molecule has 0 unspecified atom stereocenters. The molecule has 12 nitrogen and oxygen atoms in total. The van der Waals surface area contributed by atoms with Crippen molar-refractivity contribution in [3.63, 3.8) is 0 Å². The minimum Gasteiger partial charge on any atom is -0.478 e. The van der Waals surface area contributed by atoms with Crippen molar-refractivity contribution in [2.75, 3.05) is 31.0 Å². The van der Waals surface area contributed by atoms with Gasteiger partial charge < -0.3 is 9.84 Å². The fourth-order valence-corrected chi connectivity index (χ4v) is 6.03. The maximum absolute atomic E-state index is 15.0. The molecule has 0 aliphatic carbocycles. The number of hydrogen-bond acceptors (Lipinski definition) is 9. The minimum absolute atomic E-state index is 0.00408. The Labute approximate surface area is 229 Å². The molecule has 5 rings (SSSR count). The number of sulfonamides is 1. The lowest BCUT2D eigenvalue weighted by atomic mass is 10.1. The first kappa shape index (κ1) is 27.4. The molecule has 1 aliphatic rings. The molecule has 0 bridgehead atoms. The van der Waals surface area contributed by atoms with Crippen LogP contribution in [-0.2, 0) is 10.0 Å². The zero-order valence-electron chi connectivity index (χ0n) is 21.3. The van der Waals surface area contributed by atoms with Gasteiger partial charge in [0, 0.05) is 47.7 Å². The van der Waals surface area contributed by atoms with Crippen LogP contribution < -0.4 is 9.46 Å². The van der Waals surface area contributed by atoms with Gasteiger partial charge in [0.05, 0.1) is 24.3 Å². The molecule has 4 aromatic rings. The van der Waals surface area contributed by atoms with E-state index in [2.05, 4.69) is 19.7 Å². The normalized spacial score (nSPS) is 15.9. The van der Waals surface area contributed by atoms with E-state index in [0.29, 0.717) is 23.7 Å². The van der Waals surface area contributed by atoms with Crippen LogP contribution in [0.25, 0.3) is 16.8 Å². The number of nitrogens with zero attached hydrogens (tertiary/aromatic N) is 5. The van der Waals surface area contributed by atoms with E-state index < -0.39 is 31.3 Å². The maximum Gasteiger partial charge on any atom is 0.289 e. The predicted octanol–water partition coefficient (Wildman–Crippen LogP) is 3.47. The summed E-state index contributed by atoms with van der Waals surface area (Å²) in [7, 11) is -4.35. The molecule has 0 spiro atoms. The number of nitrogens with one attached hydrogen (secondary N) is 1. The highest BCUT2D eigenvalue weighted by molar-refractivity contribution is 7.92. The van der Waals surface area contributed by atoms with Crippen LogP contribution in [0.2, 0.25) is 0 Å². The van der Waals surface area contributed by atoms with Crippen LogP contribution in [0.5, 0.6) is 5.88 Å². The average molecular weight is 571 g/mol. The topological polar surface area (TPSA) is 152 Å². The molecule has 1 fully saturated rings. The first-order chi connectivity index (χ1) is 19.3. The van der Waals surface area contributed by atoms with Crippen molar-refractivity contribution < 1.29 is 27.6 Å². The number of halogens is 1. The first-order valence-electron chi connectivity index (χ1n) is 12.6. The Kier molecular flexibility index (Phi) is 7.91. The molecule has 2 N–H and O–H groups in total. The number of ether oxygens (including phenoxy) is 1. The Bertz CT molecular complexity index is 1650. The first-order valence-corrected chi connectivity index (χ1v) is 14.1. The quantitative estimate of drug-likeness (QED) is 0.157. The summed E-state index contributed by atoms with van der Waals surface area (Å²) in [5, 5.41) is 25.0. The van der Waals surface area contributed by atoms with Crippen LogP contribution in [0.15, 0.2) is 65.8 Å². The van der Waals surface area contributed by atoms with Gasteiger partial charge in [-0.05, 0) is 50.1 Å². The second kappa shape index (κ2) is 11.5. The second-order valence-corrected chi connectivity index (χ2v) is 11.0. The summed E-state index contributed by atoms with van der Waals surface area (Å²) in [6.07, 6.45) is 5.84. The monoisotopic (exact) mass is 570 g/mol. The fourth-order valence-electron chi connectivity index (χ4n) is 4.80. The molecule has 2 aromatic heterocycles. The van der Waals surface area contributed by atoms with E-state index in [-0.39, 0.29) is 23.9 Å². The number of para-hydroxylation sites is 1. The van der Waals surface area contributed by atoms with Gasteiger partial charge in [-0.25, -0.2) is 17.3 Å². The molecular formula is C26H27FN6O6S. The molecule has 1 saturated heterocycles. The Morgan fingerprint density at radius 3 is 2.83 bits per heavy atom. The lowest BCUT2D eigenvalue weighted by Gasteiger charge is -2.22. The zero-order valence-corrected chi connectivity index (χ0v) is 22.1. The van der Waals surface area contributed by atoms with Crippen LogP contribution in [0, 0.1) is 15.9 Å². The molecule has 2 aromatic carbocycles. The highest BCUT2D eigenvalue weighted by Gasteiger charge is 2.26. The summed E-state index contributed by atoms with van der Waals surface area (Å²) in [6, 6.07) is 10.4. The number of anilines is 1. The van der Waals surface area contributed by atoms with E-state index in [1.807, 2.05) is 0 Å². The van der Waals surface area contributed by atoms with Crippen molar-refractivity contribution in [3.8, 4) is 17.0 Å². The van der Waals surface area contributed by atoms with Gasteiger partial charge in [0.1, 0.15) is 5.82 Å². The largest absolute Gasteiger partial charge is 0.478 e. The molecule has 210 valence electrons. The Balaban J connectivity index is 1.35. The van der Waals surface area contributed by atoms with E-state index in [4.69, 9.17) is 4.74 Å². The summed E-state index contributed by atoms with van der Waals surface area (Å²) in [5.41, 5.74) is 0.0637. The maximum atomic E-state index is 15.0. The number of benzene rings is 2. The van der Waals surface area contributed by atoms with Crippen LogP contribution in [-0.4, -0.2) is 70.3 Å². The summed E-state index contributed by atoms with van der Waals surface area (Å²) >= 11 is 0. The summed E-state index contributed by atoms with van der Waals surface area (Å²) in [6.45, 7) is 2.30. The van der Waals surface area contributed by atoms with Crippen molar-refractivity contribution in [3.05, 3.63) is 76.9 Å². The fraction of sp³-hybridized carbons (Fsp3) is 0.308. The third kappa shape index (κ3) is 5.73. The molecule has 0 radical (unpaired) electrons. The van der Waals surface area contributed by atoms with Crippen molar-refractivity contribution in [1.29, 1.82) is 0 Å². The molecule has 40 heavy (non-hydrogen) atoms. The summed E-state index contributed by atoms with van der Waals surface area (Å²) in [4.78, 5) is 16.8. The third-order valence-corrected chi connectivity index (χ3v) is 8.18. The van der Waals surface area contributed by atoms with Gasteiger partial charge in [-0.15, -0.1) is 0 Å². The lowest BCUT2D eigenvalue weighted by Crippen LogP contribution is -2.33. The van der Waals surface area contributed by atoms with Gasteiger partial charge in [0.25, 0.3) is 15.7 Å². The van der Waals surface area contributed by atoms with Crippen LogP contribution in [0.4, 0.5) is 15.8 Å². The Hall–Kier alpha value is -4.14. The third-order valence-electron chi connectivity index (χ3n) is 6.75. The predicted molar refractivity (Wildman–Crippen MR) is 144 cm³/mol. The highest BCUT2D eigenvalue weighted by atomic mass is 32.2. The molecule has 3 heterocycles. The Morgan fingerprint density at radius 1 is 1.20 bits per heavy atom. The Morgan fingerprint density at radius 2 is 2.02 bits per heavy atom. The van der Waals surface area contributed by atoms with Crippen LogP contribution in [0.3, 0.4) is 0 Å². The van der Waals surface area contributed by atoms with Gasteiger partial charge in [-0.3, -0.25) is 19.7 Å². The molecule has 0 saturated carbocycles. The van der Waals surface area contributed by atoms with Gasteiger partial charge in [-0.2, -0.15) is 10.1 Å². The molecule has 1 atom stereocenters. The van der Waals surface area contributed by atoms with E-state index in [1.165, 1.54) is 35.0 Å². The van der Waals surface area contributed by atoms with E-state index in [1.54, 1.807) is 12.3 Å². The number of nitro groups is 1. The van der Waals surface area contributed by atoms with Gasteiger partial charge in [0.2, 0.25) is 5.88 Å². The van der Waals surface area contributed by atoms with Gasteiger partial charge in [-0.1, -0.05) is 12.1 Å². The molecule has 14 heteroatoms. The number of likely N-dealkylation sites (tertiary alicyclic amines) is 1. The van der Waals surface area contributed by atoms with E-state index >= 15 is 0 Å². The number of aromatic nitrogens is 3. The van der Waals surface area contributed by atoms with Crippen molar-refractivity contribution >= 4 is 27.0 Å². The number of rotatable bonds is 11. The number of aliphatic hydroxyl groups excluding tert-OH is 1. The van der Waals surface area contributed by atoms with E-state index in [0.717, 1.165) is 50.6 Å². The molecular weight excluding hydrogens is 543 g/mol. The average Bonchev–Trinajstić information content (AvgIpc) is 3.58. The van der Waals surface area contributed by atoms with Crippen molar-refractivity contribution in [2.24, 2.45) is 0 Å². The van der Waals surface area contributed by atoms with E-state index in [9.17, 15) is 28.0 Å². The highest BCUT2D eigenvalue weighted by Crippen LogP contribution is 2.31. The summed E-state index contributed by atoms with van der Waals surface area (Å²) < 4.78 is 50.4. The lowest BCUT2D eigenvalue weighted by molar-refractivity contribution is -0.387. The van der Waals surface area contributed by atoms with Gasteiger partial charge in [0.15, 0.2) is 10.5 Å². The number of hydrogen-bond donors (Lipinski definition) is 2. The summed E-state index contributed by atoms with van der Waals surface area (Å²) in [5.74, 6) is -0.316. The second-order valence-electron chi connectivity index (χ2n) is 9.33. The molecule has 0 amide bonds. The van der Waals surface area contributed by atoms with Crippen LogP contribution in [0.1, 0.15) is 19.3 Å². The standard InChI is InChI=1S/C26H27FN6O6S/c27-22-9-8-18(30-40(37,38)24-7-2-1-6-23(24)33(35)36)15-20(22)21-16-28-32-13-10-25(29-26(21)32)39-14-4-12-31-11-3-5-19(31)17-34/h1-2,6-10,13,15-16,19,30,34H,3-5,11-12,14,17H2/t19-/m0/s1. The number of fused-ring (bicyclic) bond motifs is 1. The SMILES string of the molecule is O=[N+]([O-])c1ccccc1S(=O)(=O)Nc1ccc(F)c(-c2cnn3ccc(OCCCN4CCC[C@H]4CO)nc23)c1. The zero-order chi connectivity index (χ0) is 28.3. The van der Waals surface area contributed by atoms with Crippen molar-refractivity contribution in [2.45, 2.75) is 30.2 Å². The molecule has 1 aliphatic heterocycles. The number of nitro benzene ring substituents is 1. The van der Waals surface area contributed by atoms with Crippen LogP contribution >= 0.6 is 0 Å². The van der Waals surface area contributed by atoms with Crippen molar-refractivity contribution in [1.82, 2.24) is 19.5 Å². The van der Waals surface area contributed by atoms with Gasteiger partial charge >= 0.3 is 0 Å².